The molecule has 0 fully saturated rings. The minimum atomic E-state index is 0.111. The van der Waals surface area contributed by atoms with Crippen LogP contribution in [0.2, 0.25) is 0 Å². The number of nitrogens with zero attached hydrogens (tertiary/aromatic N) is 4. The number of fused-ring (bicyclic) bond motifs is 1. The van der Waals surface area contributed by atoms with Crippen molar-refractivity contribution in [2.45, 2.75) is 50.9 Å². The second kappa shape index (κ2) is 8.22. The van der Waals surface area contributed by atoms with Gasteiger partial charge in [0.05, 0.1) is 12.4 Å². The summed E-state index contributed by atoms with van der Waals surface area (Å²) < 4.78 is 7.27. The fraction of sp³-hybridized carbons (Fsp3) is 0.526. The Morgan fingerprint density at radius 1 is 1.35 bits per heavy atom. The van der Waals surface area contributed by atoms with Crippen molar-refractivity contribution in [2.75, 3.05) is 24.4 Å². The number of benzene rings is 1. The summed E-state index contributed by atoms with van der Waals surface area (Å²) in [5.74, 6) is 1.66. The van der Waals surface area contributed by atoms with Crippen LogP contribution in [0.5, 0.6) is 0 Å². The standard InChI is InChI=1S/C19H26N4O2S/c1-13(2)18-20-21-19(22(18)9-10-25-4)26-12-17(24)23-14(3)11-15-7-5-6-8-16(15)23/h5-8,13-14H,9-12H2,1-4H3/t14-/m1/s1. The van der Waals surface area contributed by atoms with E-state index in [1.54, 1.807) is 7.11 Å². The number of amides is 1. The number of thioether (sulfide) groups is 1. The van der Waals surface area contributed by atoms with Gasteiger partial charge in [-0.1, -0.05) is 43.8 Å². The molecule has 0 spiro atoms. The van der Waals surface area contributed by atoms with E-state index in [2.05, 4.69) is 41.6 Å². The van der Waals surface area contributed by atoms with Crippen molar-refractivity contribution in [3.63, 3.8) is 0 Å². The van der Waals surface area contributed by atoms with E-state index in [0.717, 1.165) is 23.1 Å². The highest BCUT2D eigenvalue weighted by molar-refractivity contribution is 7.99. The highest BCUT2D eigenvalue weighted by Crippen LogP contribution is 2.33. The largest absolute Gasteiger partial charge is 0.383 e. The van der Waals surface area contributed by atoms with Crippen molar-refractivity contribution in [2.24, 2.45) is 0 Å². The maximum Gasteiger partial charge on any atom is 0.237 e. The molecule has 0 radical (unpaired) electrons. The van der Waals surface area contributed by atoms with Crippen LogP contribution in [-0.4, -0.2) is 46.2 Å². The molecule has 0 saturated carbocycles. The molecule has 1 aliphatic heterocycles. The fourth-order valence-corrected chi connectivity index (χ4v) is 4.20. The molecule has 0 unspecified atom stereocenters. The van der Waals surface area contributed by atoms with Gasteiger partial charge < -0.3 is 14.2 Å². The normalized spacial score (nSPS) is 16.3. The monoisotopic (exact) mass is 374 g/mol. The zero-order chi connectivity index (χ0) is 18.7. The lowest BCUT2D eigenvalue weighted by Crippen LogP contribution is -2.37. The Kier molecular flexibility index (Phi) is 5.98. The van der Waals surface area contributed by atoms with Crippen molar-refractivity contribution in [1.29, 1.82) is 0 Å². The van der Waals surface area contributed by atoms with Gasteiger partial charge in [0.15, 0.2) is 5.16 Å². The smallest absolute Gasteiger partial charge is 0.237 e. The van der Waals surface area contributed by atoms with Gasteiger partial charge in [0, 0.05) is 31.3 Å². The number of rotatable bonds is 7. The third kappa shape index (κ3) is 3.78. The summed E-state index contributed by atoms with van der Waals surface area (Å²) in [6, 6.07) is 8.33. The van der Waals surface area contributed by atoms with Crippen LogP contribution < -0.4 is 4.90 Å². The Morgan fingerprint density at radius 2 is 2.12 bits per heavy atom. The van der Waals surface area contributed by atoms with Gasteiger partial charge in [-0.25, -0.2) is 0 Å². The second-order valence-electron chi connectivity index (χ2n) is 6.87. The average molecular weight is 375 g/mol. The van der Waals surface area contributed by atoms with Crippen LogP contribution in [-0.2, 0) is 22.5 Å². The van der Waals surface area contributed by atoms with Crippen LogP contribution in [0.25, 0.3) is 0 Å². The molecule has 1 aromatic heterocycles. The molecule has 26 heavy (non-hydrogen) atoms. The summed E-state index contributed by atoms with van der Waals surface area (Å²) >= 11 is 1.45. The van der Waals surface area contributed by atoms with Gasteiger partial charge in [0.25, 0.3) is 0 Å². The number of ether oxygens (including phenoxy) is 1. The molecule has 2 aromatic rings. The molecular formula is C19H26N4O2S. The summed E-state index contributed by atoms with van der Waals surface area (Å²) in [5.41, 5.74) is 2.28. The first-order valence-electron chi connectivity index (χ1n) is 8.97. The SMILES string of the molecule is COCCn1c(SCC(=O)N2c3ccccc3C[C@H]2C)nnc1C(C)C. The molecule has 0 saturated heterocycles. The maximum atomic E-state index is 12.9. The van der Waals surface area contributed by atoms with E-state index in [1.165, 1.54) is 17.3 Å². The maximum absolute atomic E-state index is 12.9. The van der Waals surface area contributed by atoms with Crippen molar-refractivity contribution in [3.8, 4) is 0 Å². The molecule has 140 valence electrons. The molecule has 1 amide bonds. The molecule has 3 rings (SSSR count). The number of carbonyl (C=O) groups excluding carboxylic acids is 1. The minimum Gasteiger partial charge on any atom is -0.383 e. The molecule has 0 aliphatic carbocycles. The fourth-order valence-electron chi connectivity index (χ4n) is 3.37. The predicted octanol–water partition coefficient (Wildman–Crippen LogP) is 3.12. The van der Waals surface area contributed by atoms with Crippen molar-refractivity contribution in [3.05, 3.63) is 35.7 Å². The molecule has 1 aromatic carbocycles. The number of hydrogen-bond acceptors (Lipinski definition) is 5. The molecule has 7 heteroatoms. The molecular weight excluding hydrogens is 348 g/mol. The molecule has 0 bridgehead atoms. The van der Waals surface area contributed by atoms with Gasteiger partial charge in [-0.3, -0.25) is 4.79 Å². The molecule has 2 heterocycles. The van der Waals surface area contributed by atoms with E-state index in [-0.39, 0.29) is 17.9 Å². The van der Waals surface area contributed by atoms with E-state index in [9.17, 15) is 4.79 Å². The van der Waals surface area contributed by atoms with Gasteiger partial charge >= 0.3 is 0 Å². The van der Waals surface area contributed by atoms with Crippen LogP contribution in [0.1, 0.15) is 38.1 Å². The predicted molar refractivity (Wildman–Crippen MR) is 104 cm³/mol. The first-order valence-corrected chi connectivity index (χ1v) is 9.96. The number of hydrogen-bond donors (Lipinski definition) is 0. The van der Waals surface area contributed by atoms with E-state index in [4.69, 9.17) is 4.74 Å². The van der Waals surface area contributed by atoms with E-state index in [0.29, 0.717) is 18.9 Å². The Labute approximate surface area is 158 Å². The molecule has 1 atom stereocenters. The topological polar surface area (TPSA) is 60.2 Å². The summed E-state index contributed by atoms with van der Waals surface area (Å²) in [6.07, 6.45) is 0.911. The summed E-state index contributed by atoms with van der Waals surface area (Å²) in [5, 5.41) is 9.39. The quantitative estimate of drug-likeness (QED) is 0.697. The van der Waals surface area contributed by atoms with Gasteiger partial charge in [-0.05, 0) is 25.0 Å². The van der Waals surface area contributed by atoms with E-state index < -0.39 is 0 Å². The number of methoxy groups -OCH3 is 1. The summed E-state index contributed by atoms with van der Waals surface area (Å²) in [7, 11) is 1.68. The van der Waals surface area contributed by atoms with Crippen LogP contribution in [0.4, 0.5) is 5.69 Å². The third-order valence-corrected chi connectivity index (χ3v) is 5.53. The average Bonchev–Trinajstić information content (AvgIpc) is 3.17. The lowest BCUT2D eigenvalue weighted by atomic mass is 10.1. The Balaban J connectivity index is 1.72. The number of carbonyl (C=O) groups is 1. The van der Waals surface area contributed by atoms with Crippen molar-refractivity contribution >= 4 is 23.4 Å². The van der Waals surface area contributed by atoms with Crippen LogP contribution >= 0.6 is 11.8 Å². The second-order valence-corrected chi connectivity index (χ2v) is 7.82. The lowest BCUT2D eigenvalue weighted by molar-refractivity contribution is -0.116. The van der Waals surface area contributed by atoms with Crippen LogP contribution in [0.15, 0.2) is 29.4 Å². The number of anilines is 1. The zero-order valence-electron chi connectivity index (χ0n) is 15.8. The van der Waals surface area contributed by atoms with E-state index >= 15 is 0 Å². The lowest BCUT2D eigenvalue weighted by Gasteiger charge is -2.22. The Hall–Kier alpha value is -1.86. The highest BCUT2D eigenvalue weighted by atomic mass is 32.2. The van der Waals surface area contributed by atoms with Gasteiger partial charge in [0.1, 0.15) is 5.82 Å². The first-order chi connectivity index (χ1) is 12.5. The molecule has 6 nitrogen and oxygen atoms in total. The van der Waals surface area contributed by atoms with Gasteiger partial charge in [-0.2, -0.15) is 0 Å². The van der Waals surface area contributed by atoms with E-state index in [1.807, 2.05) is 23.1 Å². The zero-order valence-corrected chi connectivity index (χ0v) is 16.6. The third-order valence-electron chi connectivity index (χ3n) is 4.58. The number of para-hydroxylation sites is 1. The van der Waals surface area contributed by atoms with Gasteiger partial charge in [-0.15, -0.1) is 10.2 Å². The van der Waals surface area contributed by atoms with Gasteiger partial charge in [0.2, 0.25) is 5.91 Å². The van der Waals surface area contributed by atoms with Crippen LogP contribution in [0, 0.1) is 0 Å². The highest BCUT2D eigenvalue weighted by Gasteiger charge is 2.30. The Morgan fingerprint density at radius 3 is 2.85 bits per heavy atom. The van der Waals surface area contributed by atoms with Crippen LogP contribution in [0.3, 0.4) is 0 Å². The Bertz CT molecular complexity index is 775. The van der Waals surface area contributed by atoms with Crippen molar-refractivity contribution < 1.29 is 9.53 Å². The first kappa shape index (κ1) is 18.9. The summed E-state index contributed by atoms with van der Waals surface area (Å²) in [6.45, 7) is 7.57. The molecule has 0 N–H and O–H groups in total. The van der Waals surface area contributed by atoms with Crippen molar-refractivity contribution in [1.82, 2.24) is 14.8 Å². The molecule has 1 aliphatic rings. The minimum absolute atomic E-state index is 0.111. The summed E-state index contributed by atoms with van der Waals surface area (Å²) in [4.78, 5) is 14.8. The number of aromatic nitrogens is 3.